The molecule has 3 aromatic rings. The number of benzene rings is 1. The van der Waals surface area contributed by atoms with E-state index in [2.05, 4.69) is 30.9 Å². The molecule has 0 aliphatic heterocycles. The summed E-state index contributed by atoms with van der Waals surface area (Å²) < 4.78 is 1.37. The van der Waals surface area contributed by atoms with E-state index >= 15 is 0 Å². The molecule has 0 atom stereocenters. The molecule has 0 saturated carbocycles. The molecule has 2 aromatic heterocycles. The minimum atomic E-state index is 0.543. The third kappa shape index (κ3) is 2.31. The number of nitrogens with zero attached hydrogens (tertiary/aromatic N) is 2. The van der Waals surface area contributed by atoms with Gasteiger partial charge >= 0.3 is 0 Å². The Balaban J connectivity index is 2.22. The quantitative estimate of drug-likeness (QED) is 0.671. The van der Waals surface area contributed by atoms with Gasteiger partial charge in [-0.25, -0.2) is 9.97 Å². The van der Waals surface area contributed by atoms with Crippen molar-refractivity contribution in [3.05, 3.63) is 51.2 Å². The van der Waals surface area contributed by atoms with E-state index in [0.717, 1.165) is 26.8 Å². The Labute approximate surface area is 123 Å². The second kappa shape index (κ2) is 4.83. The lowest BCUT2D eigenvalue weighted by atomic mass is 10.2. The number of nitrogens with one attached hydrogen (secondary N) is 1. The number of hydrogen-bond acceptors (Lipinski definition) is 3. The third-order valence-electron chi connectivity index (χ3n) is 2.88. The number of rotatable bonds is 1. The maximum absolute atomic E-state index is 5.22. The first-order valence-electron chi connectivity index (χ1n) is 5.78. The van der Waals surface area contributed by atoms with Gasteiger partial charge in [0, 0.05) is 11.1 Å². The van der Waals surface area contributed by atoms with Gasteiger partial charge in [-0.05, 0) is 35.0 Å². The van der Waals surface area contributed by atoms with Gasteiger partial charge in [0.1, 0.15) is 10.3 Å². The van der Waals surface area contributed by atoms with Crippen LogP contribution in [0.4, 0.5) is 0 Å². The largest absolute Gasteiger partial charge is 0.341 e. The molecule has 2 heterocycles. The fourth-order valence-electron chi connectivity index (χ4n) is 1.89. The predicted molar refractivity (Wildman–Crippen MR) is 82.6 cm³/mol. The minimum absolute atomic E-state index is 0.543. The van der Waals surface area contributed by atoms with Crippen LogP contribution in [0.25, 0.3) is 22.4 Å². The van der Waals surface area contributed by atoms with Gasteiger partial charge in [-0.15, -0.1) is 0 Å². The van der Waals surface area contributed by atoms with Crippen LogP contribution in [0.3, 0.4) is 0 Å². The summed E-state index contributed by atoms with van der Waals surface area (Å²) in [5.41, 5.74) is 2.69. The number of hydrogen-bond donors (Lipinski definition) is 1. The molecule has 0 spiro atoms. The highest BCUT2D eigenvalue weighted by Gasteiger charge is 2.06. The van der Waals surface area contributed by atoms with Crippen molar-refractivity contribution in [3.63, 3.8) is 0 Å². The number of fused-ring (bicyclic) bond motifs is 1. The molecular formula is C14H10BrN3S. The van der Waals surface area contributed by atoms with Crippen LogP contribution in [0.15, 0.2) is 40.9 Å². The van der Waals surface area contributed by atoms with Gasteiger partial charge in [0.15, 0.2) is 5.82 Å². The van der Waals surface area contributed by atoms with Crippen molar-refractivity contribution in [2.45, 2.75) is 6.92 Å². The molecule has 0 bridgehead atoms. The van der Waals surface area contributed by atoms with Crippen LogP contribution in [0.2, 0.25) is 0 Å². The predicted octanol–water partition coefficient (Wildman–Crippen LogP) is 4.43. The Morgan fingerprint density at radius 1 is 1.11 bits per heavy atom. The Morgan fingerprint density at radius 2 is 1.89 bits per heavy atom. The molecule has 94 valence electrons. The minimum Gasteiger partial charge on any atom is -0.341 e. The first kappa shape index (κ1) is 12.4. The number of aromatic amines is 1. The Morgan fingerprint density at radius 3 is 2.68 bits per heavy atom. The molecule has 0 fully saturated rings. The van der Waals surface area contributed by atoms with Gasteiger partial charge < -0.3 is 4.98 Å². The van der Waals surface area contributed by atoms with Crippen molar-refractivity contribution < 1.29 is 0 Å². The van der Waals surface area contributed by atoms with E-state index in [-0.39, 0.29) is 0 Å². The van der Waals surface area contributed by atoms with Crippen LogP contribution in [-0.2, 0) is 0 Å². The van der Waals surface area contributed by atoms with E-state index < -0.39 is 0 Å². The van der Waals surface area contributed by atoms with Gasteiger partial charge in [0.05, 0.1) is 9.99 Å². The lowest BCUT2D eigenvalue weighted by molar-refractivity contribution is 1.07. The van der Waals surface area contributed by atoms with Gasteiger partial charge in [0.2, 0.25) is 0 Å². The van der Waals surface area contributed by atoms with Crippen LogP contribution in [0.5, 0.6) is 0 Å². The van der Waals surface area contributed by atoms with Crippen molar-refractivity contribution in [3.8, 4) is 11.5 Å². The molecule has 0 saturated heterocycles. The van der Waals surface area contributed by atoms with E-state index in [9.17, 15) is 0 Å². The molecular weight excluding hydrogens is 322 g/mol. The lowest BCUT2D eigenvalue weighted by Gasteiger charge is -2.05. The summed E-state index contributed by atoms with van der Waals surface area (Å²) in [4.78, 5) is 12.2. The maximum Gasteiger partial charge on any atom is 0.157 e. The summed E-state index contributed by atoms with van der Waals surface area (Å²) >= 11 is 8.63. The molecule has 1 aromatic carbocycles. The molecule has 3 rings (SSSR count). The molecule has 3 nitrogen and oxygen atoms in total. The fraction of sp³-hybridized carbons (Fsp3) is 0.0714. The molecule has 0 unspecified atom stereocenters. The number of H-pyrrole nitrogens is 1. The summed E-state index contributed by atoms with van der Waals surface area (Å²) in [5, 5.41) is 1.11. The second-order valence-electron chi connectivity index (χ2n) is 4.22. The van der Waals surface area contributed by atoms with E-state index in [1.54, 1.807) is 0 Å². The highest BCUT2D eigenvalue weighted by molar-refractivity contribution is 9.10. The van der Waals surface area contributed by atoms with E-state index in [4.69, 9.17) is 12.2 Å². The lowest BCUT2D eigenvalue weighted by Crippen LogP contribution is -1.96. The Hall–Kier alpha value is -1.59. The number of halogens is 1. The molecule has 1 N–H and O–H groups in total. The Bertz CT molecular complexity index is 826. The number of aromatic nitrogens is 3. The van der Waals surface area contributed by atoms with Crippen LogP contribution < -0.4 is 0 Å². The van der Waals surface area contributed by atoms with E-state index in [1.807, 2.05) is 43.3 Å². The summed E-state index contributed by atoms with van der Waals surface area (Å²) in [5.74, 6) is 0.691. The first-order valence-corrected chi connectivity index (χ1v) is 6.98. The fourth-order valence-corrected chi connectivity index (χ4v) is 2.32. The molecule has 5 heteroatoms. The smallest absolute Gasteiger partial charge is 0.157 e. The van der Waals surface area contributed by atoms with Crippen LogP contribution in [0, 0.1) is 11.6 Å². The molecule has 0 aliphatic rings. The number of para-hydroxylation sites is 1. The molecule has 19 heavy (non-hydrogen) atoms. The normalized spacial score (nSPS) is 10.8. The average molecular weight is 332 g/mol. The monoisotopic (exact) mass is 331 g/mol. The summed E-state index contributed by atoms with van der Waals surface area (Å²) in [7, 11) is 0. The van der Waals surface area contributed by atoms with Crippen LogP contribution in [0.1, 0.15) is 5.69 Å². The van der Waals surface area contributed by atoms with Gasteiger partial charge in [-0.3, -0.25) is 0 Å². The molecule has 0 amide bonds. The van der Waals surface area contributed by atoms with Gasteiger partial charge in [0.25, 0.3) is 0 Å². The van der Waals surface area contributed by atoms with Crippen molar-refractivity contribution >= 4 is 39.1 Å². The highest BCUT2D eigenvalue weighted by Crippen LogP contribution is 2.21. The van der Waals surface area contributed by atoms with E-state index in [0.29, 0.717) is 10.5 Å². The Kier molecular flexibility index (Phi) is 3.16. The zero-order chi connectivity index (χ0) is 13.4. The summed E-state index contributed by atoms with van der Waals surface area (Å²) in [6, 6.07) is 12.0. The van der Waals surface area contributed by atoms with Crippen LogP contribution in [-0.4, -0.2) is 15.0 Å². The number of pyridine rings is 1. The SMILES string of the molecule is Cc1[nH]c(-c2ccc3ccccc3n2)nc(=S)c1Br. The van der Waals surface area contributed by atoms with Crippen molar-refractivity contribution in [1.29, 1.82) is 0 Å². The second-order valence-corrected chi connectivity index (χ2v) is 5.40. The van der Waals surface area contributed by atoms with Crippen molar-refractivity contribution in [2.75, 3.05) is 0 Å². The summed E-state index contributed by atoms with van der Waals surface area (Å²) in [6.07, 6.45) is 0. The zero-order valence-corrected chi connectivity index (χ0v) is 12.5. The highest BCUT2D eigenvalue weighted by atomic mass is 79.9. The van der Waals surface area contributed by atoms with Crippen molar-refractivity contribution in [2.24, 2.45) is 0 Å². The van der Waals surface area contributed by atoms with E-state index in [1.165, 1.54) is 0 Å². The van der Waals surface area contributed by atoms with Crippen LogP contribution >= 0.6 is 28.1 Å². The van der Waals surface area contributed by atoms with Gasteiger partial charge in [-0.2, -0.15) is 0 Å². The number of aryl methyl sites for hydroxylation is 1. The first-order chi connectivity index (χ1) is 9.15. The molecule has 0 aliphatic carbocycles. The topological polar surface area (TPSA) is 41.6 Å². The zero-order valence-electron chi connectivity index (χ0n) is 10.1. The summed E-state index contributed by atoms with van der Waals surface area (Å²) in [6.45, 7) is 1.95. The maximum atomic E-state index is 5.22. The van der Waals surface area contributed by atoms with Crippen molar-refractivity contribution in [1.82, 2.24) is 15.0 Å². The molecule has 0 radical (unpaired) electrons. The third-order valence-corrected chi connectivity index (χ3v) is 4.41. The van der Waals surface area contributed by atoms with Gasteiger partial charge in [-0.1, -0.05) is 36.5 Å². The standard InChI is InChI=1S/C14H10BrN3S/c1-8-12(15)14(19)18-13(16-8)11-7-6-9-4-2-3-5-10(9)17-11/h2-7H,1H3,(H,16,18,19). The average Bonchev–Trinajstić information content (AvgIpc) is 2.43.